The SMILES string of the molecule is CCOc1ccc(S(=O)(=O)N2CCC(C(=O)N3CCc4cc(Br)ccc43)CC2)cc1. The second-order valence-electron chi connectivity index (χ2n) is 7.60. The third kappa shape index (κ3) is 4.13. The molecule has 2 heterocycles. The second kappa shape index (κ2) is 8.69. The number of anilines is 1. The van der Waals surface area contributed by atoms with Crippen LogP contribution in [0.15, 0.2) is 51.8 Å². The van der Waals surface area contributed by atoms with Gasteiger partial charge >= 0.3 is 0 Å². The van der Waals surface area contributed by atoms with Gasteiger partial charge in [0.05, 0.1) is 11.5 Å². The molecule has 4 rings (SSSR count). The molecule has 0 spiro atoms. The Hall–Kier alpha value is -1.90. The molecular formula is C22H25BrN2O4S. The summed E-state index contributed by atoms with van der Waals surface area (Å²) in [4.78, 5) is 15.2. The average Bonchev–Trinajstić information content (AvgIpc) is 3.17. The van der Waals surface area contributed by atoms with E-state index in [4.69, 9.17) is 4.74 Å². The molecule has 2 aliphatic rings. The van der Waals surface area contributed by atoms with Crippen molar-refractivity contribution in [3.8, 4) is 5.75 Å². The van der Waals surface area contributed by atoms with Crippen molar-refractivity contribution in [3.63, 3.8) is 0 Å². The highest BCUT2D eigenvalue weighted by atomic mass is 79.9. The highest BCUT2D eigenvalue weighted by Crippen LogP contribution is 2.34. The van der Waals surface area contributed by atoms with Crippen LogP contribution in [0.1, 0.15) is 25.3 Å². The Morgan fingerprint density at radius 2 is 1.80 bits per heavy atom. The van der Waals surface area contributed by atoms with Crippen molar-refractivity contribution in [2.24, 2.45) is 5.92 Å². The van der Waals surface area contributed by atoms with Gasteiger partial charge in [-0.05, 0) is 74.2 Å². The minimum absolute atomic E-state index is 0.106. The van der Waals surface area contributed by atoms with Gasteiger partial charge in [-0.1, -0.05) is 15.9 Å². The van der Waals surface area contributed by atoms with E-state index < -0.39 is 10.0 Å². The van der Waals surface area contributed by atoms with E-state index in [0.29, 0.717) is 44.8 Å². The zero-order valence-corrected chi connectivity index (χ0v) is 19.3. The van der Waals surface area contributed by atoms with Crippen molar-refractivity contribution in [2.45, 2.75) is 31.1 Å². The van der Waals surface area contributed by atoms with Crippen molar-refractivity contribution < 1.29 is 17.9 Å². The van der Waals surface area contributed by atoms with E-state index >= 15 is 0 Å². The third-order valence-electron chi connectivity index (χ3n) is 5.78. The number of piperidine rings is 1. The molecule has 30 heavy (non-hydrogen) atoms. The Kier molecular flexibility index (Phi) is 6.18. The highest BCUT2D eigenvalue weighted by molar-refractivity contribution is 9.10. The fourth-order valence-corrected chi connectivity index (χ4v) is 6.06. The van der Waals surface area contributed by atoms with Crippen LogP contribution in [0.2, 0.25) is 0 Å². The molecule has 0 aromatic heterocycles. The maximum Gasteiger partial charge on any atom is 0.243 e. The molecule has 0 aliphatic carbocycles. The fraction of sp³-hybridized carbons (Fsp3) is 0.409. The number of fused-ring (bicyclic) bond motifs is 1. The van der Waals surface area contributed by atoms with Crippen LogP contribution in [0.5, 0.6) is 5.75 Å². The molecule has 0 atom stereocenters. The Labute approximate surface area is 186 Å². The predicted octanol–water partition coefficient (Wildman–Crippen LogP) is 3.84. The van der Waals surface area contributed by atoms with E-state index in [1.165, 1.54) is 9.87 Å². The number of benzene rings is 2. The van der Waals surface area contributed by atoms with Gasteiger partial charge < -0.3 is 9.64 Å². The second-order valence-corrected chi connectivity index (χ2v) is 10.4. The first-order valence-electron chi connectivity index (χ1n) is 10.2. The molecule has 0 bridgehead atoms. The average molecular weight is 493 g/mol. The molecule has 0 saturated carbocycles. The summed E-state index contributed by atoms with van der Waals surface area (Å²) in [6.07, 6.45) is 1.93. The van der Waals surface area contributed by atoms with Gasteiger partial charge in [0, 0.05) is 35.7 Å². The van der Waals surface area contributed by atoms with Crippen LogP contribution in [-0.2, 0) is 21.2 Å². The Morgan fingerprint density at radius 1 is 1.10 bits per heavy atom. The lowest BCUT2D eigenvalue weighted by Crippen LogP contribution is -2.44. The summed E-state index contributed by atoms with van der Waals surface area (Å²) >= 11 is 3.48. The maximum atomic E-state index is 13.1. The van der Waals surface area contributed by atoms with Gasteiger partial charge in [0.15, 0.2) is 0 Å². The molecule has 1 amide bonds. The van der Waals surface area contributed by atoms with Crippen molar-refractivity contribution in [1.82, 2.24) is 4.31 Å². The van der Waals surface area contributed by atoms with Crippen molar-refractivity contribution in [1.29, 1.82) is 0 Å². The molecule has 0 unspecified atom stereocenters. The Balaban J connectivity index is 1.41. The third-order valence-corrected chi connectivity index (χ3v) is 8.18. The maximum absolute atomic E-state index is 13.1. The normalized spacial score (nSPS) is 17.7. The van der Waals surface area contributed by atoms with Crippen LogP contribution >= 0.6 is 15.9 Å². The zero-order chi connectivity index (χ0) is 21.3. The van der Waals surface area contributed by atoms with Gasteiger partial charge in [-0.2, -0.15) is 4.31 Å². The van der Waals surface area contributed by atoms with Crippen LogP contribution in [0, 0.1) is 5.92 Å². The number of rotatable bonds is 5. The molecule has 2 aromatic carbocycles. The topological polar surface area (TPSA) is 66.9 Å². The molecule has 160 valence electrons. The summed E-state index contributed by atoms with van der Waals surface area (Å²) in [7, 11) is -3.57. The lowest BCUT2D eigenvalue weighted by Gasteiger charge is -2.32. The standard InChI is InChI=1S/C22H25BrN2O4S/c1-2-29-19-4-6-20(7-5-19)30(27,28)24-12-9-16(10-13-24)22(26)25-14-11-17-15-18(23)3-8-21(17)25/h3-8,15-16H,2,9-14H2,1H3. The number of hydrogen-bond acceptors (Lipinski definition) is 4. The van der Waals surface area contributed by atoms with Crippen molar-refractivity contribution in [3.05, 3.63) is 52.5 Å². The van der Waals surface area contributed by atoms with E-state index in [1.807, 2.05) is 24.0 Å². The summed E-state index contributed by atoms with van der Waals surface area (Å²) in [5.41, 5.74) is 2.15. The van der Waals surface area contributed by atoms with Crippen LogP contribution in [0.25, 0.3) is 0 Å². The van der Waals surface area contributed by atoms with Gasteiger partial charge in [0.1, 0.15) is 5.75 Å². The van der Waals surface area contributed by atoms with Crippen LogP contribution in [0.3, 0.4) is 0 Å². The first-order chi connectivity index (χ1) is 14.4. The predicted molar refractivity (Wildman–Crippen MR) is 119 cm³/mol. The minimum atomic E-state index is -3.57. The first-order valence-corrected chi connectivity index (χ1v) is 12.5. The van der Waals surface area contributed by atoms with Crippen molar-refractivity contribution >= 4 is 37.5 Å². The monoisotopic (exact) mass is 492 g/mol. The minimum Gasteiger partial charge on any atom is -0.494 e. The van der Waals surface area contributed by atoms with E-state index in [-0.39, 0.29) is 16.7 Å². The fourth-order valence-electron chi connectivity index (χ4n) is 4.19. The number of carbonyl (C=O) groups excluding carboxylic acids is 1. The molecule has 8 heteroatoms. The summed E-state index contributed by atoms with van der Waals surface area (Å²) in [5, 5.41) is 0. The molecule has 2 aromatic rings. The Morgan fingerprint density at radius 3 is 2.47 bits per heavy atom. The molecular weight excluding hydrogens is 468 g/mol. The number of amides is 1. The number of sulfonamides is 1. The summed E-state index contributed by atoms with van der Waals surface area (Å²) in [6, 6.07) is 12.5. The smallest absolute Gasteiger partial charge is 0.243 e. The molecule has 1 fully saturated rings. The number of carbonyl (C=O) groups is 1. The largest absolute Gasteiger partial charge is 0.494 e. The van der Waals surface area contributed by atoms with E-state index in [0.717, 1.165) is 16.6 Å². The number of ether oxygens (including phenoxy) is 1. The highest BCUT2D eigenvalue weighted by Gasteiger charge is 2.35. The molecule has 6 nitrogen and oxygen atoms in total. The number of nitrogens with zero attached hydrogens (tertiary/aromatic N) is 2. The van der Waals surface area contributed by atoms with E-state index in [2.05, 4.69) is 22.0 Å². The lowest BCUT2D eigenvalue weighted by atomic mass is 9.96. The molecule has 2 aliphatic heterocycles. The lowest BCUT2D eigenvalue weighted by molar-refractivity contribution is -0.123. The van der Waals surface area contributed by atoms with Gasteiger partial charge in [-0.25, -0.2) is 8.42 Å². The van der Waals surface area contributed by atoms with Gasteiger partial charge in [0.2, 0.25) is 15.9 Å². The summed E-state index contributed by atoms with van der Waals surface area (Å²) < 4.78 is 33.8. The van der Waals surface area contributed by atoms with Crippen molar-refractivity contribution in [2.75, 3.05) is 31.1 Å². The molecule has 1 saturated heterocycles. The van der Waals surface area contributed by atoms with Crippen LogP contribution in [-0.4, -0.2) is 44.9 Å². The first kappa shape index (κ1) is 21.3. The summed E-state index contributed by atoms with van der Waals surface area (Å²) in [5.74, 6) is 0.610. The zero-order valence-electron chi connectivity index (χ0n) is 16.9. The Bertz CT molecular complexity index is 1030. The van der Waals surface area contributed by atoms with E-state index in [9.17, 15) is 13.2 Å². The number of halogens is 1. The molecule has 0 radical (unpaired) electrons. The van der Waals surface area contributed by atoms with Gasteiger partial charge in [-0.15, -0.1) is 0 Å². The van der Waals surface area contributed by atoms with E-state index in [1.54, 1.807) is 24.3 Å². The molecule has 0 N–H and O–H groups in total. The van der Waals surface area contributed by atoms with Gasteiger partial charge in [0.25, 0.3) is 0 Å². The van der Waals surface area contributed by atoms with Crippen LogP contribution in [0.4, 0.5) is 5.69 Å². The quantitative estimate of drug-likeness (QED) is 0.635. The van der Waals surface area contributed by atoms with Crippen LogP contribution < -0.4 is 9.64 Å². The number of hydrogen-bond donors (Lipinski definition) is 0. The van der Waals surface area contributed by atoms with Gasteiger partial charge in [-0.3, -0.25) is 4.79 Å². The summed E-state index contributed by atoms with van der Waals surface area (Å²) in [6.45, 7) is 3.82.